The Morgan fingerprint density at radius 1 is 1.12 bits per heavy atom. The van der Waals surface area contributed by atoms with Crippen LogP contribution in [0.1, 0.15) is 54.3 Å². The van der Waals surface area contributed by atoms with Crippen LogP contribution in [0, 0.1) is 0 Å². The van der Waals surface area contributed by atoms with Crippen molar-refractivity contribution in [3.63, 3.8) is 0 Å². The molecule has 2 aromatic carbocycles. The summed E-state index contributed by atoms with van der Waals surface area (Å²) in [5.41, 5.74) is 3.74. The number of H-pyrrole nitrogens is 1. The Bertz CT molecular complexity index is 1230. The van der Waals surface area contributed by atoms with Crippen LogP contribution in [0.25, 0.3) is 10.9 Å². The van der Waals surface area contributed by atoms with Gasteiger partial charge in [-0.3, -0.25) is 9.59 Å². The number of hydrogen-bond donors (Lipinski definition) is 2. The van der Waals surface area contributed by atoms with E-state index in [1.807, 2.05) is 31.2 Å². The quantitative estimate of drug-likeness (QED) is 0.471. The minimum absolute atomic E-state index is 0.274. The van der Waals surface area contributed by atoms with E-state index in [1.165, 1.54) is 4.90 Å². The zero-order chi connectivity index (χ0) is 22.4. The van der Waals surface area contributed by atoms with Crippen molar-refractivity contribution >= 4 is 34.4 Å². The molecule has 7 nitrogen and oxygen atoms in total. The number of fused-ring (bicyclic) bond motifs is 4. The van der Waals surface area contributed by atoms with Crippen molar-refractivity contribution in [1.29, 1.82) is 0 Å². The molecule has 0 saturated carbocycles. The summed E-state index contributed by atoms with van der Waals surface area (Å²) in [4.78, 5) is 46.1. The van der Waals surface area contributed by atoms with E-state index in [2.05, 4.69) is 17.2 Å². The summed E-state index contributed by atoms with van der Waals surface area (Å²) in [6, 6.07) is 13.6. The molecule has 5 rings (SSSR count). The molecule has 32 heavy (non-hydrogen) atoms. The number of nitrogens with one attached hydrogen (secondary N) is 2. The van der Waals surface area contributed by atoms with E-state index in [1.54, 1.807) is 29.2 Å². The molecule has 0 radical (unpaired) electrons. The van der Waals surface area contributed by atoms with Gasteiger partial charge in [0, 0.05) is 29.6 Å². The average molecular weight is 431 g/mol. The third kappa shape index (κ3) is 2.99. The highest BCUT2D eigenvalue weighted by molar-refractivity contribution is 6.24. The van der Waals surface area contributed by atoms with Gasteiger partial charge < -0.3 is 15.2 Å². The highest BCUT2D eigenvalue weighted by atomic mass is 16.2. The number of amides is 4. The summed E-state index contributed by atoms with van der Waals surface area (Å²) in [6.45, 7) is 4.55. The highest BCUT2D eigenvalue weighted by Crippen LogP contribution is 2.42. The van der Waals surface area contributed by atoms with Gasteiger partial charge >= 0.3 is 6.03 Å². The van der Waals surface area contributed by atoms with E-state index in [0.717, 1.165) is 35.0 Å². The number of carbonyl (C=O) groups excluding carboxylic acids is 3. The Morgan fingerprint density at radius 3 is 2.69 bits per heavy atom. The fourth-order valence-corrected chi connectivity index (χ4v) is 4.92. The molecule has 0 bridgehead atoms. The van der Waals surface area contributed by atoms with E-state index >= 15 is 0 Å². The van der Waals surface area contributed by atoms with E-state index in [9.17, 15) is 14.4 Å². The topological polar surface area (TPSA) is 85.5 Å². The summed E-state index contributed by atoms with van der Waals surface area (Å²) >= 11 is 0. The molecular weight excluding hydrogens is 404 g/mol. The highest BCUT2D eigenvalue weighted by Gasteiger charge is 2.52. The first-order valence-corrected chi connectivity index (χ1v) is 11.2. The molecule has 164 valence electrons. The molecule has 1 saturated heterocycles. The number of anilines is 1. The van der Waals surface area contributed by atoms with Gasteiger partial charge in [-0.1, -0.05) is 43.7 Å². The van der Waals surface area contributed by atoms with Gasteiger partial charge in [-0.15, -0.1) is 0 Å². The molecule has 2 N–H and O–H groups in total. The molecule has 4 amide bonds. The zero-order valence-corrected chi connectivity index (χ0v) is 18.2. The Balaban J connectivity index is 1.51. The van der Waals surface area contributed by atoms with Gasteiger partial charge in [0.1, 0.15) is 6.04 Å². The second kappa shape index (κ2) is 7.82. The molecule has 0 spiro atoms. The van der Waals surface area contributed by atoms with Gasteiger partial charge in [0.2, 0.25) is 0 Å². The van der Waals surface area contributed by atoms with Crippen molar-refractivity contribution < 1.29 is 14.4 Å². The third-order valence-corrected chi connectivity index (χ3v) is 6.54. The number of carbonyl (C=O) groups is 3. The molecule has 3 aromatic rings. The number of imide groups is 1. The normalized spacial score (nSPS) is 19.9. The Hall–Kier alpha value is -3.61. The van der Waals surface area contributed by atoms with Gasteiger partial charge in [0.25, 0.3) is 11.8 Å². The van der Waals surface area contributed by atoms with Crippen LogP contribution >= 0.6 is 0 Å². The third-order valence-electron chi connectivity index (χ3n) is 6.54. The molecule has 3 heterocycles. The smallest absolute Gasteiger partial charge is 0.332 e. The summed E-state index contributed by atoms with van der Waals surface area (Å²) in [5, 5.41) is 3.97. The van der Waals surface area contributed by atoms with Crippen LogP contribution in [-0.2, 0) is 11.2 Å². The van der Waals surface area contributed by atoms with Crippen LogP contribution in [0.3, 0.4) is 0 Å². The van der Waals surface area contributed by atoms with Crippen molar-refractivity contribution in [1.82, 2.24) is 15.2 Å². The predicted molar refractivity (Wildman–Crippen MR) is 123 cm³/mol. The van der Waals surface area contributed by atoms with Crippen LogP contribution in [0.15, 0.2) is 48.5 Å². The predicted octanol–water partition coefficient (Wildman–Crippen LogP) is 4.15. The SMILES string of the molecule is CCCCNC(=O)c1ccccc1N1C(=O)[C@@H]2Cc3c([nH]c4ccccc34)[C@@H](C)N2C1=O. The molecule has 2 aliphatic rings. The van der Waals surface area contributed by atoms with Crippen molar-refractivity contribution in [2.24, 2.45) is 0 Å². The van der Waals surface area contributed by atoms with Crippen LogP contribution in [0.4, 0.5) is 10.5 Å². The number of rotatable bonds is 5. The number of unbranched alkanes of at least 4 members (excludes halogenated alkanes) is 1. The van der Waals surface area contributed by atoms with Crippen molar-refractivity contribution in [2.75, 3.05) is 11.4 Å². The number of para-hydroxylation sites is 2. The average Bonchev–Trinajstić information content (AvgIpc) is 3.30. The first-order chi connectivity index (χ1) is 15.5. The van der Waals surface area contributed by atoms with Gasteiger partial charge in [-0.25, -0.2) is 9.69 Å². The van der Waals surface area contributed by atoms with Crippen LogP contribution < -0.4 is 10.2 Å². The largest absolute Gasteiger partial charge is 0.356 e. The standard InChI is InChI=1S/C25H26N4O3/c1-3-4-13-26-23(30)17-10-6-8-12-20(17)29-24(31)21-14-18-16-9-5-7-11-19(16)27-22(18)15(2)28(21)25(29)32/h5-12,15,21,27H,3-4,13-14H2,1-2H3,(H,26,30)/t15-,21+/m1/s1. The minimum atomic E-state index is -0.583. The number of hydrogen-bond acceptors (Lipinski definition) is 3. The number of nitrogens with zero attached hydrogens (tertiary/aromatic N) is 2. The Kier molecular flexibility index (Phi) is 4.96. The van der Waals surface area contributed by atoms with E-state index < -0.39 is 6.04 Å². The summed E-state index contributed by atoms with van der Waals surface area (Å²) in [7, 11) is 0. The maximum atomic E-state index is 13.5. The molecule has 0 unspecified atom stereocenters. The van der Waals surface area contributed by atoms with Crippen molar-refractivity contribution in [2.45, 2.75) is 45.2 Å². The maximum absolute atomic E-state index is 13.5. The van der Waals surface area contributed by atoms with Gasteiger partial charge in [-0.05, 0) is 37.1 Å². The molecule has 2 aliphatic heterocycles. The van der Waals surface area contributed by atoms with Crippen LogP contribution in [-0.4, -0.2) is 40.3 Å². The monoisotopic (exact) mass is 430 g/mol. The Morgan fingerprint density at radius 2 is 1.88 bits per heavy atom. The Labute approximate surface area is 186 Å². The van der Waals surface area contributed by atoms with E-state index in [4.69, 9.17) is 0 Å². The van der Waals surface area contributed by atoms with Gasteiger partial charge in [0.05, 0.1) is 17.3 Å². The lowest BCUT2D eigenvalue weighted by Gasteiger charge is -2.33. The van der Waals surface area contributed by atoms with Crippen molar-refractivity contribution in [3.8, 4) is 0 Å². The summed E-state index contributed by atoms with van der Waals surface area (Å²) in [6.07, 6.45) is 2.29. The molecule has 2 atom stereocenters. The lowest BCUT2D eigenvalue weighted by atomic mass is 9.93. The number of benzene rings is 2. The zero-order valence-electron chi connectivity index (χ0n) is 18.2. The number of urea groups is 1. The maximum Gasteiger partial charge on any atom is 0.332 e. The lowest BCUT2D eigenvalue weighted by Crippen LogP contribution is -2.42. The number of aromatic amines is 1. The molecule has 0 aliphatic carbocycles. The second-order valence-electron chi connectivity index (χ2n) is 8.45. The molecule has 7 heteroatoms. The second-order valence-corrected chi connectivity index (χ2v) is 8.45. The summed E-state index contributed by atoms with van der Waals surface area (Å²) in [5.74, 6) is -0.560. The van der Waals surface area contributed by atoms with E-state index in [0.29, 0.717) is 24.2 Å². The van der Waals surface area contributed by atoms with Crippen LogP contribution in [0.2, 0.25) is 0 Å². The minimum Gasteiger partial charge on any atom is -0.356 e. The van der Waals surface area contributed by atoms with E-state index in [-0.39, 0.29) is 23.9 Å². The summed E-state index contributed by atoms with van der Waals surface area (Å²) < 4.78 is 0. The molecule has 1 aromatic heterocycles. The molecular formula is C25H26N4O3. The van der Waals surface area contributed by atoms with Crippen LogP contribution in [0.5, 0.6) is 0 Å². The lowest BCUT2D eigenvalue weighted by molar-refractivity contribution is -0.120. The first kappa shape index (κ1) is 20.3. The number of aromatic nitrogens is 1. The van der Waals surface area contributed by atoms with Crippen molar-refractivity contribution in [3.05, 3.63) is 65.4 Å². The van der Waals surface area contributed by atoms with Gasteiger partial charge in [0.15, 0.2) is 0 Å². The molecule has 1 fully saturated rings. The fraction of sp³-hybridized carbons (Fsp3) is 0.320. The van der Waals surface area contributed by atoms with Gasteiger partial charge in [-0.2, -0.15) is 0 Å². The fourth-order valence-electron chi connectivity index (χ4n) is 4.92. The first-order valence-electron chi connectivity index (χ1n) is 11.2.